The van der Waals surface area contributed by atoms with Crippen LogP contribution in [0.3, 0.4) is 0 Å². The molecule has 0 spiro atoms. The highest BCUT2D eigenvalue weighted by atomic mass is 79.9. The molecule has 2 amide bonds. The SMILES string of the molecule is C=CCc1cc(/C=C2\SC(=O)N(C)C2=O)cc(Br)c1OCC. The van der Waals surface area contributed by atoms with Crippen molar-refractivity contribution in [2.45, 2.75) is 13.3 Å². The largest absolute Gasteiger partial charge is 0.492 e. The summed E-state index contributed by atoms with van der Waals surface area (Å²) in [6.07, 6.45) is 4.18. The molecular weight excluding hydrogens is 366 g/mol. The van der Waals surface area contributed by atoms with Gasteiger partial charge in [-0.1, -0.05) is 6.08 Å². The lowest BCUT2D eigenvalue weighted by Gasteiger charge is -2.12. The highest BCUT2D eigenvalue weighted by Crippen LogP contribution is 2.35. The van der Waals surface area contributed by atoms with Crippen molar-refractivity contribution in [1.82, 2.24) is 4.90 Å². The lowest BCUT2D eigenvalue weighted by Crippen LogP contribution is -2.22. The van der Waals surface area contributed by atoms with Gasteiger partial charge in [0.1, 0.15) is 5.75 Å². The van der Waals surface area contributed by atoms with E-state index in [1.165, 1.54) is 7.05 Å². The van der Waals surface area contributed by atoms with Gasteiger partial charge >= 0.3 is 0 Å². The summed E-state index contributed by atoms with van der Waals surface area (Å²) in [6, 6.07) is 3.82. The standard InChI is InChI=1S/C16H16BrNO3S/c1-4-6-11-7-10(8-12(17)14(11)21-5-2)9-13-15(19)18(3)16(20)22-13/h4,7-9H,1,5-6H2,2-3H3/b13-9-. The molecule has 0 aliphatic carbocycles. The van der Waals surface area contributed by atoms with Crippen LogP contribution in [0.5, 0.6) is 5.75 Å². The molecule has 0 radical (unpaired) electrons. The Hall–Kier alpha value is -1.53. The molecule has 22 heavy (non-hydrogen) atoms. The predicted octanol–water partition coefficient (Wildman–Crippen LogP) is 4.24. The summed E-state index contributed by atoms with van der Waals surface area (Å²) in [4.78, 5) is 25.0. The van der Waals surface area contributed by atoms with Crippen molar-refractivity contribution >= 4 is 44.9 Å². The molecule has 1 heterocycles. The number of allylic oxidation sites excluding steroid dienone is 1. The Morgan fingerprint density at radius 3 is 2.68 bits per heavy atom. The van der Waals surface area contributed by atoms with Crippen LogP contribution in [0.4, 0.5) is 4.79 Å². The minimum atomic E-state index is -0.273. The van der Waals surface area contributed by atoms with Gasteiger partial charge in [0.25, 0.3) is 11.1 Å². The van der Waals surface area contributed by atoms with Gasteiger partial charge in [0.2, 0.25) is 0 Å². The molecule has 0 unspecified atom stereocenters. The number of carbonyl (C=O) groups excluding carboxylic acids is 2. The molecule has 0 aromatic heterocycles. The van der Waals surface area contributed by atoms with E-state index < -0.39 is 0 Å². The maximum absolute atomic E-state index is 11.9. The fourth-order valence-electron chi connectivity index (χ4n) is 2.07. The second-order valence-electron chi connectivity index (χ2n) is 4.66. The maximum atomic E-state index is 11.9. The van der Waals surface area contributed by atoms with E-state index in [1.807, 2.05) is 19.1 Å². The molecule has 2 rings (SSSR count). The number of imide groups is 1. The molecule has 1 aromatic carbocycles. The molecule has 1 fully saturated rings. The van der Waals surface area contributed by atoms with Crippen LogP contribution in [0.2, 0.25) is 0 Å². The van der Waals surface area contributed by atoms with E-state index >= 15 is 0 Å². The molecule has 4 nitrogen and oxygen atoms in total. The third-order valence-corrected chi connectivity index (χ3v) is 4.63. The number of halogens is 1. The zero-order chi connectivity index (χ0) is 16.3. The quantitative estimate of drug-likeness (QED) is 0.565. The van der Waals surface area contributed by atoms with Crippen molar-refractivity contribution < 1.29 is 14.3 Å². The van der Waals surface area contributed by atoms with Crippen LogP contribution in [0.15, 0.2) is 34.2 Å². The molecule has 0 bridgehead atoms. The molecule has 6 heteroatoms. The number of hydrogen-bond acceptors (Lipinski definition) is 4. The molecule has 1 saturated heterocycles. The van der Waals surface area contributed by atoms with Crippen molar-refractivity contribution in [3.8, 4) is 5.75 Å². The Kier molecular flexibility index (Phi) is 5.47. The van der Waals surface area contributed by atoms with Crippen molar-refractivity contribution in [3.63, 3.8) is 0 Å². The van der Waals surface area contributed by atoms with Gasteiger partial charge in [-0.2, -0.15) is 0 Å². The van der Waals surface area contributed by atoms with E-state index in [0.717, 1.165) is 38.0 Å². The monoisotopic (exact) mass is 381 g/mol. The first-order chi connectivity index (χ1) is 10.5. The first-order valence-corrected chi connectivity index (χ1v) is 8.36. The summed E-state index contributed by atoms with van der Waals surface area (Å²) in [5.41, 5.74) is 1.82. The van der Waals surface area contributed by atoms with Crippen molar-refractivity contribution in [3.05, 3.63) is 45.3 Å². The number of carbonyl (C=O) groups is 2. The first kappa shape index (κ1) is 16.8. The van der Waals surface area contributed by atoms with Crippen molar-refractivity contribution in [1.29, 1.82) is 0 Å². The topological polar surface area (TPSA) is 46.6 Å². The molecule has 1 aliphatic heterocycles. The molecule has 0 atom stereocenters. The van der Waals surface area contributed by atoms with E-state index in [0.29, 0.717) is 17.9 Å². The van der Waals surface area contributed by atoms with Gasteiger partial charge in [-0.3, -0.25) is 14.5 Å². The summed E-state index contributed by atoms with van der Waals surface area (Å²) in [7, 11) is 1.48. The predicted molar refractivity (Wildman–Crippen MR) is 92.9 cm³/mol. The summed E-state index contributed by atoms with van der Waals surface area (Å²) >= 11 is 4.45. The third-order valence-electron chi connectivity index (χ3n) is 3.08. The van der Waals surface area contributed by atoms with Crippen LogP contribution in [-0.2, 0) is 11.2 Å². The third kappa shape index (κ3) is 3.44. The Morgan fingerprint density at radius 2 is 2.14 bits per heavy atom. The second-order valence-corrected chi connectivity index (χ2v) is 6.51. The minimum Gasteiger partial charge on any atom is -0.492 e. The molecule has 1 aromatic rings. The average Bonchev–Trinajstić information content (AvgIpc) is 2.70. The summed E-state index contributed by atoms with van der Waals surface area (Å²) in [5.74, 6) is 0.508. The smallest absolute Gasteiger partial charge is 0.293 e. The Labute approximate surface area is 142 Å². The van der Waals surface area contributed by atoms with Gasteiger partial charge in [-0.05, 0) is 70.4 Å². The number of thioether (sulfide) groups is 1. The highest BCUT2D eigenvalue weighted by molar-refractivity contribution is 9.10. The first-order valence-electron chi connectivity index (χ1n) is 6.75. The fourth-order valence-corrected chi connectivity index (χ4v) is 3.53. The van der Waals surface area contributed by atoms with Gasteiger partial charge < -0.3 is 4.74 Å². The van der Waals surface area contributed by atoms with E-state index in [9.17, 15) is 9.59 Å². The normalized spacial score (nSPS) is 16.5. The summed E-state index contributed by atoms with van der Waals surface area (Å²) in [6.45, 7) is 6.25. The number of nitrogens with zero attached hydrogens (tertiary/aromatic N) is 1. The van der Waals surface area contributed by atoms with E-state index in [4.69, 9.17) is 4.74 Å². The molecule has 0 saturated carbocycles. The second kappa shape index (κ2) is 7.15. The maximum Gasteiger partial charge on any atom is 0.293 e. The van der Waals surface area contributed by atoms with Crippen LogP contribution < -0.4 is 4.74 Å². The van der Waals surface area contributed by atoms with Crippen LogP contribution in [0, 0.1) is 0 Å². The number of hydrogen-bond donors (Lipinski definition) is 0. The number of amides is 2. The van der Waals surface area contributed by atoms with E-state index in [-0.39, 0.29) is 11.1 Å². The molecular formula is C16H16BrNO3S. The lowest BCUT2D eigenvalue weighted by molar-refractivity contribution is -0.121. The van der Waals surface area contributed by atoms with Crippen LogP contribution in [0.25, 0.3) is 6.08 Å². The van der Waals surface area contributed by atoms with Crippen LogP contribution >= 0.6 is 27.7 Å². The van der Waals surface area contributed by atoms with Gasteiger partial charge in [-0.15, -0.1) is 6.58 Å². The number of ether oxygens (including phenoxy) is 1. The Bertz CT molecular complexity index is 670. The zero-order valence-electron chi connectivity index (χ0n) is 12.4. The minimum absolute atomic E-state index is 0.257. The fraction of sp³-hybridized carbons (Fsp3) is 0.250. The number of rotatable bonds is 5. The van der Waals surface area contributed by atoms with E-state index in [1.54, 1.807) is 12.2 Å². The van der Waals surface area contributed by atoms with Gasteiger partial charge in [-0.25, -0.2) is 0 Å². The van der Waals surface area contributed by atoms with Crippen LogP contribution in [0.1, 0.15) is 18.1 Å². The Morgan fingerprint density at radius 1 is 1.41 bits per heavy atom. The Balaban J connectivity index is 2.42. The molecule has 1 aliphatic rings. The summed E-state index contributed by atoms with van der Waals surface area (Å²) in [5, 5.41) is -0.257. The number of benzene rings is 1. The summed E-state index contributed by atoms with van der Waals surface area (Å²) < 4.78 is 6.47. The van der Waals surface area contributed by atoms with Crippen molar-refractivity contribution in [2.24, 2.45) is 0 Å². The van der Waals surface area contributed by atoms with Gasteiger partial charge in [0.05, 0.1) is 16.0 Å². The molecule has 0 N–H and O–H groups in total. The number of likely N-dealkylation sites (N-methyl/N-ethyl adjacent to an activating group) is 1. The van der Waals surface area contributed by atoms with Crippen LogP contribution in [-0.4, -0.2) is 29.7 Å². The van der Waals surface area contributed by atoms with E-state index in [2.05, 4.69) is 22.5 Å². The highest BCUT2D eigenvalue weighted by Gasteiger charge is 2.31. The van der Waals surface area contributed by atoms with Crippen molar-refractivity contribution in [2.75, 3.05) is 13.7 Å². The zero-order valence-corrected chi connectivity index (χ0v) is 14.8. The van der Waals surface area contributed by atoms with Gasteiger partial charge in [0.15, 0.2) is 0 Å². The lowest BCUT2D eigenvalue weighted by atomic mass is 10.1. The van der Waals surface area contributed by atoms with Gasteiger partial charge in [0, 0.05) is 7.05 Å². The molecule has 116 valence electrons. The average molecular weight is 382 g/mol.